The minimum Gasteiger partial charge on any atom is -0.374 e. The number of hydrogen-bond donors (Lipinski definition) is 1. The molecule has 0 bridgehead atoms. The second-order valence-electron chi connectivity index (χ2n) is 7.66. The highest BCUT2D eigenvalue weighted by atomic mass is 35.5. The average molecular weight is 480 g/mol. The zero-order chi connectivity index (χ0) is 23.1. The minimum absolute atomic E-state index is 0.0570. The van der Waals surface area contributed by atoms with E-state index in [4.69, 9.17) is 16.3 Å². The van der Waals surface area contributed by atoms with E-state index in [1.807, 2.05) is 18.2 Å². The van der Waals surface area contributed by atoms with Gasteiger partial charge in [-0.3, -0.25) is 9.69 Å². The van der Waals surface area contributed by atoms with Crippen LogP contribution in [0, 0.1) is 0 Å². The summed E-state index contributed by atoms with van der Waals surface area (Å²) >= 11 is 6.16. The fourth-order valence-corrected chi connectivity index (χ4v) is 5.70. The van der Waals surface area contributed by atoms with Gasteiger partial charge in [0, 0.05) is 44.8 Å². The lowest BCUT2D eigenvalue weighted by Crippen LogP contribution is -2.47. The van der Waals surface area contributed by atoms with Crippen LogP contribution in [0.25, 0.3) is 0 Å². The summed E-state index contributed by atoms with van der Waals surface area (Å²) in [6.07, 6.45) is -0.136. The van der Waals surface area contributed by atoms with E-state index in [9.17, 15) is 13.2 Å². The van der Waals surface area contributed by atoms with E-state index >= 15 is 0 Å². The van der Waals surface area contributed by atoms with Crippen LogP contribution in [0.4, 0.5) is 0 Å². The SMILES string of the molecule is CCN(CC)S(=O)(=O)c1cc(C(=O)NCC2CN(Cc3ccccc3)CCO2)ccc1Cl. The van der Waals surface area contributed by atoms with Crippen molar-refractivity contribution in [2.45, 2.75) is 31.4 Å². The third-order valence-corrected chi connectivity index (χ3v) is 8.01. The second-order valence-corrected chi connectivity index (χ2v) is 9.97. The molecule has 1 fully saturated rings. The lowest BCUT2D eigenvalue weighted by molar-refractivity contribution is -0.0292. The number of morpholine rings is 1. The van der Waals surface area contributed by atoms with Gasteiger partial charge in [0.2, 0.25) is 10.0 Å². The number of amides is 1. The summed E-state index contributed by atoms with van der Waals surface area (Å²) in [5, 5.41) is 2.96. The number of nitrogens with zero attached hydrogens (tertiary/aromatic N) is 2. The maximum Gasteiger partial charge on any atom is 0.251 e. The molecule has 1 saturated heterocycles. The molecule has 0 radical (unpaired) electrons. The van der Waals surface area contributed by atoms with Crippen molar-refractivity contribution in [1.29, 1.82) is 0 Å². The molecule has 1 heterocycles. The van der Waals surface area contributed by atoms with Gasteiger partial charge in [0.15, 0.2) is 0 Å². The first-order valence-electron chi connectivity index (χ1n) is 10.8. The Kier molecular flexibility index (Phi) is 8.67. The van der Waals surface area contributed by atoms with Crippen LogP contribution < -0.4 is 5.32 Å². The van der Waals surface area contributed by atoms with Crippen LogP contribution in [-0.4, -0.2) is 69.0 Å². The minimum atomic E-state index is -3.77. The van der Waals surface area contributed by atoms with E-state index in [0.717, 1.165) is 13.1 Å². The predicted octanol–water partition coefficient (Wildman–Crippen LogP) is 3.00. The van der Waals surface area contributed by atoms with Crippen molar-refractivity contribution in [2.75, 3.05) is 39.3 Å². The summed E-state index contributed by atoms with van der Waals surface area (Å²) in [4.78, 5) is 15.0. The quantitative estimate of drug-likeness (QED) is 0.598. The molecule has 2 aromatic rings. The molecular weight excluding hydrogens is 450 g/mol. The third kappa shape index (κ3) is 6.08. The van der Waals surface area contributed by atoms with Gasteiger partial charge in [-0.1, -0.05) is 55.8 Å². The summed E-state index contributed by atoms with van der Waals surface area (Å²) in [5.74, 6) is -0.360. The molecule has 1 unspecified atom stereocenters. The normalized spacial score (nSPS) is 17.4. The van der Waals surface area contributed by atoms with Gasteiger partial charge in [0.1, 0.15) is 4.90 Å². The molecule has 1 aliphatic rings. The number of carbonyl (C=O) groups is 1. The first kappa shape index (κ1) is 24.7. The highest BCUT2D eigenvalue weighted by Gasteiger charge is 2.26. The Morgan fingerprint density at radius 3 is 2.59 bits per heavy atom. The Balaban J connectivity index is 1.62. The molecule has 3 rings (SSSR count). The third-order valence-electron chi connectivity index (χ3n) is 5.48. The highest BCUT2D eigenvalue weighted by molar-refractivity contribution is 7.89. The van der Waals surface area contributed by atoms with Crippen molar-refractivity contribution >= 4 is 27.5 Å². The predicted molar refractivity (Wildman–Crippen MR) is 125 cm³/mol. The molecule has 7 nitrogen and oxygen atoms in total. The number of rotatable bonds is 9. The zero-order valence-corrected chi connectivity index (χ0v) is 20.0. The van der Waals surface area contributed by atoms with Gasteiger partial charge in [-0.05, 0) is 23.8 Å². The molecule has 9 heteroatoms. The molecule has 174 valence electrons. The zero-order valence-electron chi connectivity index (χ0n) is 18.5. The van der Waals surface area contributed by atoms with Crippen molar-refractivity contribution in [2.24, 2.45) is 0 Å². The molecule has 1 N–H and O–H groups in total. The number of ether oxygens (including phenoxy) is 1. The van der Waals surface area contributed by atoms with Crippen molar-refractivity contribution in [3.8, 4) is 0 Å². The fourth-order valence-electron chi connectivity index (χ4n) is 3.74. The Morgan fingerprint density at radius 2 is 1.91 bits per heavy atom. The number of nitrogens with one attached hydrogen (secondary N) is 1. The molecule has 0 aliphatic carbocycles. The number of carbonyl (C=O) groups excluding carboxylic acids is 1. The van der Waals surface area contributed by atoms with E-state index in [0.29, 0.717) is 32.8 Å². The maximum atomic E-state index is 12.9. The molecule has 1 atom stereocenters. The second kappa shape index (κ2) is 11.2. The van der Waals surface area contributed by atoms with E-state index in [-0.39, 0.29) is 27.5 Å². The molecule has 32 heavy (non-hydrogen) atoms. The van der Waals surface area contributed by atoms with Crippen LogP contribution in [-0.2, 0) is 21.3 Å². The van der Waals surface area contributed by atoms with Gasteiger partial charge >= 0.3 is 0 Å². The molecule has 0 spiro atoms. The van der Waals surface area contributed by atoms with E-state index in [1.54, 1.807) is 13.8 Å². The number of sulfonamides is 1. The number of hydrogen-bond acceptors (Lipinski definition) is 5. The summed E-state index contributed by atoms with van der Waals surface area (Å²) in [6.45, 7) is 7.48. The standard InChI is InChI=1S/C23H30ClN3O4S/c1-3-27(4-2)32(29,30)22-14-19(10-11-21(22)24)23(28)25-15-20-17-26(12-13-31-20)16-18-8-6-5-7-9-18/h5-11,14,20H,3-4,12-13,15-17H2,1-2H3,(H,25,28). The average Bonchev–Trinajstić information content (AvgIpc) is 2.79. The van der Waals surface area contributed by atoms with E-state index in [1.165, 1.54) is 28.1 Å². The molecule has 1 aliphatic heterocycles. The summed E-state index contributed by atoms with van der Waals surface area (Å²) < 4.78 is 32.9. The fraction of sp³-hybridized carbons (Fsp3) is 0.435. The summed E-state index contributed by atoms with van der Waals surface area (Å²) in [7, 11) is -3.77. The molecule has 0 aromatic heterocycles. The van der Waals surface area contributed by atoms with Gasteiger partial charge in [-0.25, -0.2) is 8.42 Å². The lowest BCUT2D eigenvalue weighted by Gasteiger charge is -2.33. The Labute approximate surface area is 195 Å². The van der Waals surface area contributed by atoms with Crippen LogP contribution in [0.1, 0.15) is 29.8 Å². The van der Waals surface area contributed by atoms with Crippen LogP contribution in [0.3, 0.4) is 0 Å². The first-order chi connectivity index (χ1) is 15.3. The monoisotopic (exact) mass is 479 g/mol. The van der Waals surface area contributed by atoms with E-state index in [2.05, 4.69) is 22.3 Å². The number of halogens is 1. The van der Waals surface area contributed by atoms with Crippen LogP contribution in [0.2, 0.25) is 5.02 Å². The highest BCUT2D eigenvalue weighted by Crippen LogP contribution is 2.26. The smallest absolute Gasteiger partial charge is 0.251 e. The van der Waals surface area contributed by atoms with Crippen molar-refractivity contribution in [3.63, 3.8) is 0 Å². The molecular formula is C23H30ClN3O4S. The van der Waals surface area contributed by atoms with Crippen LogP contribution >= 0.6 is 11.6 Å². The van der Waals surface area contributed by atoms with Crippen LogP contribution in [0.15, 0.2) is 53.4 Å². The van der Waals surface area contributed by atoms with Gasteiger partial charge < -0.3 is 10.1 Å². The van der Waals surface area contributed by atoms with Gasteiger partial charge in [-0.2, -0.15) is 4.31 Å². The van der Waals surface area contributed by atoms with Crippen molar-refractivity contribution < 1.29 is 17.9 Å². The lowest BCUT2D eigenvalue weighted by atomic mass is 10.2. The largest absolute Gasteiger partial charge is 0.374 e. The van der Waals surface area contributed by atoms with Gasteiger partial charge in [0.05, 0.1) is 17.7 Å². The van der Waals surface area contributed by atoms with Crippen LogP contribution in [0.5, 0.6) is 0 Å². The van der Waals surface area contributed by atoms with Gasteiger partial charge in [0.25, 0.3) is 5.91 Å². The molecule has 2 aromatic carbocycles. The summed E-state index contributed by atoms with van der Waals surface area (Å²) in [6, 6.07) is 14.6. The molecule has 1 amide bonds. The van der Waals surface area contributed by atoms with Crippen molar-refractivity contribution in [3.05, 3.63) is 64.7 Å². The number of benzene rings is 2. The topological polar surface area (TPSA) is 79.0 Å². The van der Waals surface area contributed by atoms with E-state index < -0.39 is 10.0 Å². The Bertz CT molecular complexity index is 1010. The summed E-state index contributed by atoms with van der Waals surface area (Å²) in [5.41, 5.74) is 1.48. The van der Waals surface area contributed by atoms with Gasteiger partial charge in [-0.15, -0.1) is 0 Å². The molecule has 0 saturated carbocycles. The first-order valence-corrected chi connectivity index (χ1v) is 12.6. The Hall–Kier alpha value is -1.97. The Morgan fingerprint density at radius 1 is 1.19 bits per heavy atom. The van der Waals surface area contributed by atoms with Crippen molar-refractivity contribution in [1.82, 2.24) is 14.5 Å². The maximum absolute atomic E-state index is 12.9.